The maximum atomic E-state index is 2.52. The SMILES string of the molecule is CCCC[N+]1=C(C)C(C)c2c1ccc1ccccc21. The molecule has 2 aromatic carbocycles. The predicted octanol–water partition coefficient (Wildman–Crippen LogP) is 4.86. The van der Waals surface area contributed by atoms with Crippen molar-refractivity contribution in [1.29, 1.82) is 0 Å². The van der Waals surface area contributed by atoms with Crippen molar-refractivity contribution in [2.75, 3.05) is 6.54 Å². The van der Waals surface area contributed by atoms with E-state index in [0.717, 1.165) is 6.54 Å². The van der Waals surface area contributed by atoms with Crippen LogP contribution in [0.3, 0.4) is 0 Å². The van der Waals surface area contributed by atoms with Crippen LogP contribution in [0.15, 0.2) is 36.4 Å². The smallest absolute Gasteiger partial charge is 0.199 e. The molecule has 19 heavy (non-hydrogen) atoms. The van der Waals surface area contributed by atoms with Gasteiger partial charge in [-0.15, -0.1) is 0 Å². The van der Waals surface area contributed by atoms with Crippen LogP contribution >= 0.6 is 0 Å². The number of fused-ring (bicyclic) bond motifs is 3. The van der Waals surface area contributed by atoms with Gasteiger partial charge in [0.15, 0.2) is 5.71 Å². The Bertz CT molecular complexity index is 652. The van der Waals surface area contributed by atoms with Gasteiger partial charge in [0.25, 0.3) is 0 Å². The zero-order chi connectivity index (χ0) is 13.4. The molecule has 3 rings (SSSR count). The van der Waals surface area contributed by atoms with Crippen LogP contribution in [-0.2, 0) is 0 Å². The molecule has 0 spiro atoms. The summed E-state index contributed by atoms with van der Waals surface area (Å²) in [5.41, 5.74) is 4.45. The highest BCUT2D eigenvalue weighted by atomic mass is 15.0. The molecular formula is C18H22N+. The van der Waals surface area contributed by atoms with Gasteiger partial charge in [-0.05, 0) is 23.8 Å². The second-order valence-corrected chi connectivity index (χ2v) is 5.59. The minimum absolute atomic E-state index is 0.540. The third kappa shape index (κ3) is 1.88. The molecule has 0 saturated heterocycles. The summed E-state index contributed by atoms with van der Waals surface area (Å²) < 4.78 is 2.52. The first-order chi connectivity index (χ1) is 9.24. The van der Waals surface area contributed by atoms with Crippen molar-refractivity contribution in [3.05, 3.63) is 42.0 Å². The van der Waals surface area contributed by atoms with E-state index in [4.69, 9.17) is 0 Å². The van der Waals surface area contributed by atoms with Crippen LogP contribution in [0.5, 0.6) is 0 Å². The van der Waals surface area contributed by atoms with Crippen LogP contribution in [0.25, 0.3) is 10.8 Å². The van der Waals surface area contributed by atoms with Crippen LogP contribution < -0.4 is 0 Å². The molecule has 0 bridgehead atoms. The lowest BCUT2D eigenvalue weighted by molar-refractivity contribution is -0.439. The molecule has 0 amide bonds. The van der Waals surface area contributed by atoms with Gasteiger partial charge < -0.3 is 0 Å². The molecular weight excluding hydrogens is 230 g/mol. The van der Waals surface area contributed by atoms with E-state index in [0.29, 0.717) is 5.92 Å². The van der Waals surface area contributed by atoms with Crippen molar-refractivity contribution < 1.29 is 4.58 Å². The van der Waals surface area contributed by atoms with Crippen molar-refractivity contribution in [2.45, 2.75) is 39.5 Å². The van der Waals surface area contributed by atoms with Crippen molar-refractivity contribution in [1.82, 2.24) is 0 Å². The predicted molar refractivity (Wildman–Crippen MR) is 82.7 cm³/mol. The first kappa shape index (κ1) is 12.4. The van der Waals surface area contributed by atoms with E-state index in [1.807, 2.05) is 0 Å². The first-order valence-electron chi connectivity index (χ1n) is 7.36. The molecule has 1 aliphatic heterocycles. The summed E-state index contributed by atoms with van der Waals surface area (Å²) in [5.74, 6) is 0.540. The lowest BCUT2D eigenvalue weighted by atomic mass is 9.93. The molecule has 1 heteroatoms. The van der Waals surface area contributed by atoms with E-state index in [1.54, 1.807) is 0 Å². The van der Waals surface area contributed by atoms with Crippen molar-refractivity contribution >= 4 is 22.2 Å². The topological polar surface area (TPSA) is 3.01 Å². The monoisotopic (exact) mass is 252 g/mol. The van der Waals surface area contributed by atoms with Gasteiger partial charge >= 0.3 is 0 Å². The van der Waals surface area contributed by atoms with E-state index < -0.39 is 0 Å². The van der Waals surface area contributed by atoms with E-state index >= 15 is 0 Å². The zero-order valence-corrected chi connectivity index (χ0v) is 12.1. The standard InChI is InChI=1S/C18H22N/c1-4-5-12-19-14(3)13(2)18-16-9-7-6-8-15(16)10-11-17(18)19/h6-11,13H,4-5,12H2,1-3H3/q+1. The molecule has 0 aromatic heterocycles. The van der Waals surface area contributed by atoms with Gasteiger partial charge in [0, 0.05) is 25.0 Å². The Morgan fingerprint density at radius 3 is 2.68 bits per heavy atom. The van der Waals surface area contributed by atoms with Crippen molar-refractivity contribution in [2.24, 2.45) is 0 Å². The summed E-state index contributed by atoms with van der Waals surface area (Å²) in [4.78, 5) is 0. The summed E-state index contributed by atoms with van der Waals surface area (Å²) in [6.07, 6.45) is 2.51. The van der Waals surface area contributed by atoms with Gasteiger partial charge in [-0.1, -0.05) is 37.6 Å². The lowest BCUT2D eigenvalue weighted by Gasteiger charge is -2.05. The molecule has 0 N–H and O–H groups in total. The fourth-order valence-corrected chi connectivity index (χ4v) is 3.22. The molecule has 1 unspecified atom stereocenters. The van der Waals surface area contributed by atoms with Gasteiger partial charge in [-0.25, -0.2) is 0 Å². The zero-order valence-electron chi connectivity index (χ0n) is 12.1. The molecule has 2 aromatic rings. The van der Waals surface area contributed by atoms with E-state index in [-0.39, 0.29) is 0 Å². The van der Waals surface area contributed by atoms with Crippen LogP contribution in [0.1, 0.15) is 45.1 Å². The number of hydrogen-bond donors (Lipinski definition) is 0. The summed E-state index contributed by atoms with van der Waals surface area (Å²) in [7, 11) is 0. The van der Waals surface area contributed by atoms with Crippen molar-refractivity contribution in [3.8, 4) is 0 Å². The van der Waals surface area contributed by atoms with Gasteiger partial charge in [-0.3, -0.25) is 0 Å². The molecule has 1 atom stereocenters. The number of rotatable bonds is 3. The normalized spacial score (nSPS) is 18.2. The maximum Gasteiger partial charge on any atom is 0.209 e. The molecule has 1 nitrogen and oxygen atoms in total. The Morgan fingerprint density at radius 2 is 1.89 bits per heavy atom. The average Bonchev–Trinajstić information content (AvgIpc) is 2.69. The van der Waals surface area contributed by atoms with E-state index in [1.165, 1.54) is 40.6 Å². The van der Waals surface area contributed by atoms with Gasteiger partial charge in [0.05, 0.1) is 5.92 Å². The number of hydrogen-bond acceptors (Lipinski definition) is 0. The van der Waals surface area contributed by atoms with Crippen molar-refractivity contribution in [3.63, 3.8) is 0 Å². The number of benzene rings is 2. The van der Waals surface area contributed by atoms with Gasteiger partial charge in [0.2, 0.25) is 5.69 Å². The third-order valence-electron chi connectivity index (χ3n) is 4.46. The molecule has 0 fully saturated rings. The summed E-state index contributed by atoms with van der Waals surface area (Å²) >= 11 is 0. The molecule has 0 saturated carbocycles. The highest BCUT2D eigenvalue weighted by molar-refractivity contribution is 5.99. The molecule has 1 heterocycles. The Labute approximate surface area is 115 Å². The van der Waals surface area contributed by atoms with Crippen LogP contribution in [0.2, 0.25) is 0 Å². The third-order valence-corrected chi connectivity index (χ3v) is 4.46. The maximum absolute atomic E-state index is 2.52. The second-order valence-electron chi connectivity index (χ2n) is 5.59. The van der Waals surface area contributed by atoms with Gasteiger partial charge in [0.1, 0.15) is 6.54 Å². The van der Waals surface area contributed by atoms with Gasteiger partial charge in [-0.2, -0.15) is 4.58 Å². The molecule has 0 aliphatic carbocycles. The summed E-state index contributed by atoms with van der Waals surface area (Å²) in [6, 6.07) is 13.3. The fraction of sp³-hybridized carbons (Fsp3) is 0.389. The Morgan fingerprint density at radius 1 is 1.11 bits per heavy atom. The minimum Gasteiger partial charge on any atom is -0.199 e. The average molecular weight is 252 g/mol. The largest absolute Gasteiger partial charge is 0.209 e. The lowest BCUT2D eigenvalue weighted by Crippen LogP contribution is -2.13. The quantitative estimate of drug-likeness (QED) is 0.686. The highest BCUT2D eigenvalue weighted by Crippen LogP contribution is 2.39. The Balaban J connectivity index is 2.18. The summed E-state index contributed by atoms with van der Waals surface area (Å²) in [5, 5.41) is 2.78. The molecule has 1 aliphatic rings. The second kappa shape index (κ2) is 4.80. The van der Waals surface area contributed by atoms with E-state index in [2.05, 4.69) is 61.7 Å². The van der Waals surface area contributed by atoms with Crippen LogP contribution in [0.4, 0.5) is 5.69 Å². The fourth-order valence-electron chi connectivity index (χ4n) is 3.22. The minimum atomic E-state index is 0.540. The Hall–Kier alpha value is -1.63. The van der Waals surface area contributed by atoms with Crippen LogP contribution in [0, 0.1) is 0 Å². The van der Waals surface area contributed by atoms with E-state index in [9.17, 15) is 0 Å². The first-order valence-corrected chi connectivity index (χ1v) is 7.36. The summed E-state index contributed by atoms with van der Waals surface area (Å²) in [6.45, 7) is 8.04. The number of nitrogens with zero attached hydrogens (tertiary/aromatic N) is 1. The molecule has 98 valence electrons. The highest BCUT2D eigenvalue weighted by Gasteiger charge is 2.34. The molecule has 0 radical (unpaired) electrons. The number of unbranched alkanes of at least 4 members (excludes halogenated alkanes) is 1. The Kier molecular flexibility index (Phi) is 3.14. The van der Waals surface area contributed by atoms with Crippen LogP contribution in [-0.4, -0.2) is 16.8 Å².